The lowest BCUT2D eigenvalue weighted by atomic mass is 9.81. The van der Waals surface area contributed by atoms with E-state index in [4.69, 9.17) is 9.84 Å². The molecule has 34 heavy (non-hydrogen) atoms. The summed E-state index contributed by atoms with van der Waals surface area (Å²) in [7, 11) is 0. The fourth-order valence-electron chi connectivity index (χ4n) is 4.69. The van der Waals surface area contributed by atoms with Crippen LogP contribution in [-0.2, 0) is 35.5 Å². The Kier molecular flexibility index (Phi) is 7.97. The summed E-state index contributed by atoms with van der Waals surface area (Å²) in [6.45, 7) is 0.881. The first kappa shape index (κ1) is 23.6. The highest BCUT2D eigenvalue weighted by atomic mass is 16.5. The van der Waals surface area contributed by atoms with Crippen LogP contribution in [0.15, 0.2) is 78.9 Å². The Bertz CT molecular complexity index is 1060. The average Bonchev–Trinajstić information content (AvgIpc) is 2.86. The SMILES string of the molecule is O=C(O)COc1cccc2c1CCC(CCC(=O)N(Cc1ccccc1)Cc1ccccc1)C2. The lowest BCUT2D eigenvalue weighted by molar-refractivity contribution is -0.139. The summed E-state index contributed by atoms with van der Waals surface area (Å²) in [5, 5.41) is 8.91. The van der Waals surface area contributed by atoms with Crippen LogP contribution in [0.5, 0.6) is 5.75 Å². The Balaban J connectivity index is 1.38. The number of hydrogen-bond donors (Lipinski definition) is 1. The van der Waals surface area contributed by atoms with Gasteiger partial charge >= 0.3 is 5.97 Å². The monoisotopic (exact) mass is 457 g/mol. The molecule has 0 bridgehead atoms. The fourth-order valence-corrected chi connectivity index (χ4v) is 4.69. The highest BCUT2D eigenvalue weighted by Crippen LogP contribution is 2.34. The normalized spacial score (nSPS) is 14.8. The van der Waals surface area contributed by atoms with E-state index in [1.165, 1.54) is 5.56 Å². The number of carboxylic acid groups (broad SMARTS) is 1. The maximum atomic E-state index is 13.3. The number of aliphatic carboxylic acids is 1. The van der Waals surface area contributed by atoms with Crippen molar-refractivity contribution in [3.8, 4) is 5.75 Å². The molecule has 0 fully saturated rings. The number of nitrogens with zero attached hydrogens (tertiary/aromatic N) is 1. The highest BCUT2D eigenvalue weighted by Gasteiger charge is 2.23. The second-order valence-electron chi connectivity index (χ2n) is 8.94. The van der Waals surface area contributed by atoms with Gasteiger partial charge in [0.25, 0.3) is 0 Å². The number of carboxylic acids is 1. The van der Waals surface area contributed by atoms with Crippen LogP contribution in [0.3, 0.4) is 0 Å². The Morgan fingerprint density at radius 1 is 0.882 bits per heavy atom. The van der Waals surface area contributed by atoms with Gasteiger partial charge in [0.1, 0.15) is 5.75 Å². The number of carbonyl (C=O) groups excluding carboxylic acids is 1. The molecule has 3 aromatic rings. The van der Waals surface area contributed by atoms with Crippen molar-refractivity contribution in [3.63, 3.8) is 0 Å². The summed E-state index contributed by atoms with van der Waals surface area (Å²) in [6.07, 6.45) is 4.09. The maximum Gasteiger partial charge on any atom is 0.341 e. The molecule has 4 rings (SSSR count). The molecular weight excluding hydrogens is 426 g/mol. The Morgan fingerprint density at radius 3 is 2.15 bits per heavy atom. The standard InChI is InChI=1S/C29H31NO4/c31-28(30(19-23-8-3-1-4-9-23)20-24-10-5-2-6-11-24)17-15-22-14-16-26-25(18-22)12-7-13-27(26)34-21-29(32)33/h1-13,22H,14-21H2,(H,32,33). The van der Waals surface area contributed by atoms with Crippen molar-refractivity contribution in [2.24, 2.45) is 5.92 Å². The number of rotatable bonds is 10. The van der Waals surface area contributed by atoms with Crippen LogP contribution in [0.2, 0.25) is 0 Å². The molecule has 1 N–H and O–H groups in total. The van der Waals surface area contributed by atoms with E-state index in [0.29, 0.717) is 31.2 Å². The molecule has 0 heterocycles. The van der Waals surface area contributed by atoms with Crippen LogP contribution in [0.1, 0.15) is 41.5 Å². The summed E-state index contributed by atoms with van der Waals surface area (Å²) in [5.74, 6) is 0.310. The zero-order chi connectivity index (χ0) is 23.8. The molecule has 1 aliphatic carbocycles. The fraction of sp³-hybridized carbons (Fsp3) is 0.310. The van der Waals surface area contributed by atoms with Gasteiger partial charge in [-0.2, -0.15) is 0 Å². The predicted octanol–water partition coefficient (Wildman–Crippen LogP) is 5.26. The second-order valence-corrected chi connectivity index (χ2v) is 8.94. The van der Waals surface area contributed by atoms with Crippen LogP contribution in [0.25, 0.3) is 0 Å². The molecule has 0 spiro atoms. The number of benzene rings is 3. The molecule has 1 unspecified atom stereocenters. The van der Waals surface area contributed by atoms with Gasteiger partial charge in [0.2, 0.25) is 5.91 Å². The van der Waals surface area contributed by atoms with Crippen molar-refractivity contribution in [1.82, 2.24) is 4.90 Å². The molecule has 5 heteroatoms. The van der Waals surface area contributed by atoms with E-state index in [9.17, 15) is 9.59 Å². The molecule has 5 nitrogen and oxygen atoms in total. The largest absolute Gasteiger partial charge is 0.482 e. The van der Waals surface area contributed by atoms with Gasteiger partial charge in [0, 0.05) is 19.5 Å². The maximum absolute atomic E-state index is 13.3. The minimum absolute atomic E-state index is 0.178. The van der Waals surface area contributed by atoms with E-state index < -0.39 is 5.97 Å². The number of ether oxygens (including phenoxy) is 1. The van der Waals surface area contributed by atoms with E-state index in [-0.39, 0.29) is 12.5 Å². The molecule has 1 atom stereocenters. The number of fused-ring (bicyclic) bond motifs is 1. The molecule has 1 amide bonds. The van der Waals surface area contributed by atoms with Crippen molar-refractivity contribution < 1.29 is 19.4 Å². The van der Waals surface area contributed by atoms with Gasteiger partial charge in [-0.1, -0.05) is 72.8 Å². The van der Waals surface area contributed by atoms with Gasteiger partial charge in [-0.3, -0.25) is 4.79 Å². The quantitative estimate of drug-likeness (QED) is 0.451. The molecule has 0 saturated carbocycles. The van der Waals surface area contributed by atoms with Crippen LogP contribution in [0, 0.1) is 5.92 Å². The highest BCUT2D eigenvalue weighted by molar-refractivity contribution is 5.76. The number of carbonyl (C=O) groups is 2. The third kappa shape index (κ3) is 6.47. The zero-order valence-corrected chi connectivity index (χ0v) is 19.4. The van der Waals surface area contributed by atoms with Crippen LogP contribution < -0.4 is 4.74 Å². The Morgan fingerprint density at radius 2 is 1.53 bits per heavy atom. The molecule has 3 aromatic carbocycles. The van der Waals surface area contributed by atoms with Crippen LogP contribution in [0.4, 0.5) is 0 Å². The summed E-state index contributed by atoms with van der Waals surface area (Å²) in [5.41, 5.74) is 4.58. The molecule has 176 valence electrons. The van der Waals surface area contributed by atoms with Gasteiger partial charge in [0.05, 0.1) is 0 Å². The van der Waals surface area contributed by atoms with Gasteiger partial charge in [-0.15, -0.1) is 0 Å². The Hall–Kier alpha value is -3.60. The topological polar surface area (TPSA) is 66.8 Å². The smallest absolute Gasteiger partial charge is 0.341 e. The van der Waals surface area contributed by atoms with Crippen molar-refractivity contribution in [2.75, 3.05) is 6.61 Å². The molecular formula is C29H31NO4. The van der Waals surface area contributed by atoms with Gasteiger partial charge < -0.3 is 14.7 Å². The van der Waals surface area contributed by atoms with Crippen molar-refractivity contribution in [3.05, 3.63) is 101 Å². The van der Waals surface area contributed by atoms with Crippen LogP contribution >= 0.6 is 0 Å². The lowest BCUT2D eigenvalue weighted by Crippen LogP contribution is -2.30. The summed E-state index contributed by atoms with van der Waals surface area (Å²) in [4.78, 5) is 26.1. The van der Waals surface area contributed by atoms with Crippen molar-refractivity contribution in [2.45, 2.75) is 45.2 Å². The summed E-state index contributed by atoms with van der Waals surface area (Å²) in [6, 6.07) is 26.1. The van der Waals surface area contributed by atoms with Gasteiger partial charge in [-0.25, -0.2) is 4.79 Å². The molecule has 0 saturated heterocycles. The Labute approximate surface area is 201 Å². The van der Waals surface area contributed by atoms with E-state index in [1.54, 1.807) is 0 Å². The molecule has 0 aromatic heterocycles. The van der Waals surface area contributed by atoms with E-state index in [1.807, 2.05) is 53.4 Å². The first-order valence-corrected chi connectivity index (χ1v) is 11.9. The minimum Gasteiger partial charge on any atom is -0.482 e. The van der Waals surface area contributed by atoms with Gasteiger partial charge in [0.15, 0.2) is 6.61 Å². The molecule has 0 aliphatic heterocycles. The number of hydrogen-bond acceptors (Lipinski definition) is 3. The van der Waals surface area contributed by atoms with Crippen molar-refractivity contribution >= 4 is 11.9 Å². The van der Waals surface area contributed by atoms with E-state index in [0.717, 1.165) is 42.4 Å². The minimum atomic E-state index is -0.972. The average molecular weight is 458 g/mol. The first-order chi connectivity index (χ1) is 16.6. The van der Waals surface area contributed by atoms with Gasteiger partial charge in [-0.05, 0) is 59.9 Å². The third-order valence-electron chi connectivity index (χ3n) is 6.44. The van der Waals surface area contributed by atoms with E-state index in [2.05, 4.69) is 30.3 Å². The second kappa shape index (κ2) is 11.5. The number of amides is 1. The van der Waals surface area contributed by atoms with Crippen LogP contribution in [-0.4, -0.2) is 28.5 Å². The predicted molar refractivity (Wildman–Crippen MR) is 131 cm³/mol. The molecule has 0 radical (unpaired) electrons. The summed E-state index contributed by atoms with van der Waals surface area (Å²) < 4.78 is 5.48. The molecule has 1 aliphatic rings. The summed E-state index contributed by atoms with van der Waals surface area (Å²) >= 11 is 0. The lowest BCUT2D eigenvalue weighted by Gasteiger charge is -2.28. The van der Waals surface area contributed by atoms with E-state index >= 15 is 0 Å². The first-order valence-electron chi connectivity index (χ1n) is 11.9. The third-order valence-corrected chi connectivity index (χ3v) is 6.44. The zero-order valence-electron chi connectivity index (χ0n) is 19.4. The van der Waals surface area contributed by atoms with Crippen molar-refractivity contribution in [1.29, 1.82) is 0 Å².